The molecule has 0 aliphatic heterocycles. The zero-order chi connectivity index (χ0) is 14.6. The number of hydrogen-bond donors (Lipinski definition) is 3. The number of anilines is 1. The van der Waals surface area contributed by atoms with E-state index in [0.29, 0.717) is 6.54 Å². The number of amides is 1. The van der Waals surface area contributed by atoms with Gasteiger partial charge in [-0.2, -0.15) is 0 Å². The topological polar surface area (TPSA) is 75.3 Å². The van der Waals surface area contributed by atoms with E-state index in [4.69, 9.17) is 5.73 Å². The first-order chi connectivity index (χ1) is 8.73. The Labute approximate surface area is 115 Å². The van der Waals surface area contributed by atoms with Crippen molar-refractivity contribution in [3.63, 3.8) is 0 Å². The molecule has 0 aliphatic carbocycles. The van der Waals surface area contributed by atoms with Crippen molar-refractivity contribution >= 4 is 11.6 Å². The summed E-state index contributed by atoms with van der Waals surface area (Å²) in [6.45, 7) is 8.45. The van der Waals surface area contributed by atoms with Gasteiger partial charge in [0.05, 0.1) is 5.92 Å². The minimum Gasteiger partial charge on any atom is -0.508 e. The van der Waals surface area contributed by atoms with Crippen molar-refractivity contribution in [1.29, 1.82) is 0 Å². The number of carbonyl (C=O) groups excluding carboxylic acids is 1. The second-order valence-corrected chi connectivity index (χ2v) is 6.19. The fraction of sp³-hybridized carbons (Fsp3) is 0.533. The molecule has 1 aromatic rings. The molecule has 0 saturated carbocycles. The normalized spacial score (nSPS) is 13.1. The lowest BCUT2D eigenvalue weighted by Gasteiger charge is -2.24. The van der Waals surface area contributed by atoms with E-state index in [0.717, 1.165) is 17.7 Å². The first-order valence-corrected chi connectivity index (χ1v) is 6.53. The minimum absolute atomic E-state index is 0.0609. The smallest absolute Gasteiger partial charge is 0.228 e. The first-order valence-electron chi connectivity index (χ1n) is 6.53. The fourth-order valence-electron chi connectivity index (χ4n) is 2.05. The summed E-state index contributed by atoms with van der Waals surface area (Å²) in [5.41, 5.74) is 7.31. The summed E-state index contributed by atoms with van der Waals surface area (Å²) >= 11 is 0. The molecule has 0 spiro atoms. The highest BCUT2D eigenvalue weighted by molar-refractivity contribution is 5.93. The number of phenolic OH excluding ortho intramolecular Hbond substituents is 1. The molecule has 0 aromatic heterocycles. The van der Waals surface area contributed by atoms with E-state index in [9.17, 15) is 9.90 Å². The molecular weight excluding hydrogens is 240 g/mol. The van der Waals surface area contributed by atoms with Crippen LogP contribution in [0.15, 0.2) is 18.2 Å². The summed E-state index contributed by atoms with van der Waals surface area (Å²) in [5.74, 6) is -0.0695. The molecular formula is C15H24N2O2. The van der Waals surface area contributed by atoms with Crippen LogP contribution >= 0.6 is 0 Å². The van der Waals surface area contributed by atoms with Crippen LogP contribution in [-0.4, -0.2) is 17.6 Å². The predicted molar refractivity (Wildman–Crippen MR) is 78.1 cm³/mol. The van der Waals surface area contributed by atoms with Crippen LogP contribution in [0.25, 0.3) is 0 Å². The number of phenols is 1. The molecule has 0 fully saturated rings. The third-order valence-electron chi connectivity index (χ3n) is 2.98. The lowest BCUT2D eigenvalue weighted by molar-refractivity contribution is -0.120. The standard InChI is InChI=1S/C15H24N2O2/c1-10-7-12(18)5-6-13(10)17-14(19)11(9-16)8-15(2,3)4/h5-7,11,18H,8-9,16H2,1-4H3,(H,17,19). The Morgan fingerprint density at radius 1 is 1.42 bits per heavy atom. The van der Waals surface area contributed by atoms with Crippen LogP contribution in [0.3, 0.4) is 0 Å². The molecule has 0 bridgehead atoms. The molecule has 19 heavy (non-hydrogen) atoms. The molecule has 0 radical (unpaired) electrons. The Hall–Kier alpha value is -1.55. The van der Waals surface area contributed by atoms with Gasteiger partial charge in [-0.3, -0.25) is 4.79 Å². The highest BCUT2D eigenvalue weighted by atomic mass is 16.3. The molecule has 0 heterocycles. The van der Waals surface area contributed by atoms with Gasteiger partial charge in [0.25, 0.3) is 0 Å². The van der Waals surface area contributed by atoms with Gasteiger partial charge in [-0.1, -0.05) is 20.8 Å². The zero-order valence-corrected chi connectivity index (χ0v) is 12.2. The number of nitrogens with one attached hydrogen (secondary N) is 1. The summed E-state index contributed by atoms with van der Waals surface area (Å²) in [5, 5.41) is 12.2. The second-order valence-electron chi connectivity index (χ2n) is 6.19. The Morgan fingerprint density at radius 2 is 2.05 bits per heavy atom. The monoisotopic (exact) mass is 264 g/mol. The number of aromatic hydroxyl groups is 1. The molecule has 1 atom stereocenters. The SMILES string of the molecule is Cc1cc(O)ccc1NC(=O)C(CN)CC(C)(C)C. The van der Waals surface area contributed by atoms with Crippen molar-refractivity contribution < 1.29 is 9.90 Å². The molecule has 0 aliphatic rings. The summed E-state index contributed by atoms with van der Waals surface area (Å²) in [6, 6.07) is 4.88. The number of aryl methyl sites for hydroxylation is 1. The fourth-order valence-corrected chi connectivity index (χ4v) is 2.05. The van der Waals surface area contributed by atoms with E-state index >= 15 is 0 Å². The van der Waals surface area contributed by atoms with Crippen molar-refractivity contribution in [2.24, 2.45) is 17.1 Å². The summed E-state index contributed by atoms with van der Waals surface area (Å²) in [6.07, 6.45) is 0.743. The second kappa shape index (κ2) is 6.06. The number of benzene rings is 1. The Bertz CT molecular complexity index is 450. The van der Waals surface area contributed by atoms with Crippen molar-refractivity contribution in [2.75, 3.05) is 11.9 Å². The van der Waals surface area contributed by atoms with E-state index < -0.39 is 0 Å². The summed E-state index contributed by atoms with van der Waals surface area (Å²) in [7, 11) is 0. The highest BCUT2D eigenvalue weighted by Crippen LogP contribution is 2.26. The molecule has 106 valence electrons. The summed E-state index contributed by atoms with van der Waals surface area (Å²) < 4.78 is 0. The van der Waals surface area contributed by atoms with Crippen LogP contribution < -0.4 is 11.1 Å². The molecule has 1 amide bonds. The number of carbonyl (C=O) groups is 1. The summed E-state index contributed by atoms with van der Waals surface area (Å²) in [4.78, 5) is 12.2. The highest BCUT2D eigenvalue weighted by Gasteiger charge is 2.24. The van der Waals surface area contributed by atoms with Gasteiger partial charge in [-0.05, 0) is 42.5 Å². The van der Waals surface area contributed by atoms with Crippen LogP contribution in [0.2, 0.25) is 0 Å². The van der Waals surface area contributed by atoms with Crippen molar-refractivity contribution in [3.8, 4) is 5.75 Å². The molecule has 4 nitrogen and oxygen atoms in total. The van der Waals surface area contributed by atoms with Gasteiger partial charge in [0.15, 0.2) is 0 Å². The molecule has 1 aromatic carbocycles. The van der Waals surface area contributed by atoms with Crippen LogP contribution in [0, 0.1) is 18.3 Å². The number of hydrogen-bond acceptors (Lipinski definition) is 3. The van der Waals surface area contributed by atoms with Gasteiger partial charge in [-0.25, -0.2) is 0 Å². The Morgan fingerprint density at radius 3 is 2.53 bits per heavy atom. The number of nitrogens with two attached hydrogens (primary N) is 1. The van der Waals surface area contributed by atoms with E-state index in [2.05, 4.69) is 26.1 Å². The lowest BCUT2D eigenvalue weighted by Crippen LogP contribution is -2.32. The van der Waals surface area contributed by atoms with Gasteiger partial charge in [-0.15, -0.1) is 0 Å². The Kier molecular flexibility index (Phi) is 4.95. The average molecular weight is 264 g/mol. The van der Waals surface area contributed by atoms with E-state index in [-0.39, 0.29) is 23.0 Å². The van der Waals surface area contributed by atoms with Crippen LogP contribution in [0.4, 0.5) is 5.69 Å². The zero-order valence-electron chi connectivity index (χ0n) is 12.2. The molecule has 4 heteroatoms. The Balaban J connectivity index is 2.77. The lowest BCUT2D eigenvalue weighted by atomic mass is 9.84. The van der Waals surface area contributed by atoms with Crippen LogP contribution in [0.5, 0.6) is 5.75 Å². The first kappa shape index (κ1) is 15.5. The molecule has 1 rings (SSSR count). The quantitative estimate of drug-likeness (QED) is 0.732. The van der Waals surface area contributed by atoms with Crippen molar-refractivity contribution in [3.05, 3.63) is 23.8 Å². The van der Waals surface area contributed by atoms with Gasteiger partial charge >= 0.3 is 0 Å². The third-order valence-corrected chi connectivity index (χ3v) is 2.98. The van der Waals surface area contributed by atoms with Crippen LogP contribution in [0.1, 0.15) is 32.8 Å². The van der Waals surface area contributed by atoms with Gasteiger partial charge in [0.2, 0.25) is 5.91 Å². The molecule has 4 N–H and O–H groups in total. The van der Waals surface area contributed by atoms with Gasteiger partial charge in [0.1, 0.15) is 5.75 Å². The largest absolute Gasteiger partial charge is 0.508 e. The minimum atomic E-state index is -0.201. The average Bonchev–Trinajstić information content (AvgIpc) is 2.28. The maximum absolute atomic E-state index is 12.2. The van der Waals surface area contributed by atoms with E-state index in [1.807, 2.05) is 6.92 Å². The van der Waals surface area contributed by atoms with Gasteiger partial charge in [0, 0.05) is 12.2 Å². The van der Waals surface area contributed by atoms with Gasteiger partial charge < -0.3 is 16.2 Å². The maximum atomic E-state index is 12.2. The predicted octanol–water partition coefficient (Wildman–Crippen LogP) is 2.65. The number of rotatable bonds is 4. The van der Waals surface area contributed by atoms with Crippen LogP contribution in [-0.2, 0) is 4.79 Å². The van der Waals surface area contributed by atoms with Crippen molar-refractivity contribution in [2.45, 2.75) is 34.1 Å². The van der Waals surface area contributed by atoms with Crippen molar-refractivity contribution in [1.82, 2.24) is 0 Å². The third kappa shape index (κ3) is 4.91. The van der Waals surface area contributed by atoms with E-state index in [1.54, 1.807) is 18.2 Å². The maximum Gasteiger partial charge on any atom is 0.228 e. The molecule has 1 unspecified atom stereocenters. The van der Waals surface area contributed by atoms with E-state index in [1.165, 1.54) is 0 Å². The molecule has 0 saturated heterocycles.